The molecule has 0 radical (unpaired) electrons. The molecule has 96 valence electrons. The summed E-state index contributed by atoms with van der Waals surface area (Å²) >= 11 is 7.40. The number of halogens is 1. The number of aromatic nitrogens is 1. The van der Waals surface area contributed by atoms with Crippen molar-refractivity contribution in [3.05, 3.63) is 23.2 Å². The third-order valence-electron chi connectivity index (χ3n) is 2.32. The second kappa shape index (κ2) is 6.02. The lowest BCUT2D eigenvalue weighted by molar-refractivity contribution is -0.119. The van der Waals surface area contributed by atoms with E-state index in [-0.39, 0.29) is 12.5 Å². The first-order chi connectivity index (χ1) is 8.69. The summed E-state index contributed by atoms with van der Waals surface area (Å²) in [5, 5.41) is 7.22. The third kappa shape index (κ3) is 3.34. The molecule has 0 bridgehead atoms. The van der Waals surface area contributed by atoms with Gasteiger partial charge >= 0.3 is 0 Å². The molecule has 0 unspecified atom stereocenters. The maximum absolute atomic E-state index is 11.4. The van der Waals surface area contributed by atoms with Crippen LogP contribution in [0, 0.1) is 0 Å². The molecule has 0 saturated heterocycles. The van der Waals surface area contributed by atoms with Crippen LogP contribution in [0.1, 0.15) is 13.3 Å². The number of fused-ring (bicyclic) bond motifs is 1. The van der Waals surface area contributed by atoms with Crippen molar-refractivity contribution in [3.63, 3.8) is 0 Å². The summed E-state index contributed by atoms with van der Waals surface area (Å²) in [5.41, 5.74) is 0.851. The summed E-state index contributed by atoms with van der Waals surface area (Å²) < 4.78 is 1.05. The predicted octanol–water partition coefficient (Wildman–Crippen LogP) is 2.89. The monoisotopic (exact) mass is 283 g/mol. The van der Waals surface area contributed by atoms with Crippen LogP contribution >= 0.6 is 22.9 Å². The van der Waals surface area contributed by atoms with Crippen LogP contribution in [0.5, 0.6) is 0 Å². The summed E-state index contributed by atoms with van der Waals surface area (Å²) in [6.45, 7) is 2.97. The molecule has 4 nitrogen and oxygen atoms in total. The smallest absolute Gasteiger partial charge is 0.239 e. The molecule has 0 atom stereocenters. The lowest BCUT2D eigenvalue weighted by Crippen LogP contribution is -2.30. The van der Waals surface area contributed by atoms with Gasteiger partial charge < -0.3 is 10.6 Å². The van der Waals surface area contributed by atoms with Gasteiger partial charge in [0.1, 0.15) is 0 Å². The van der Waals surface area contributed by atoms with E-state index in [1.807, 2.05) is 25.1 Å². The molecule has 0 aliphatic heterocycles. The standard InChI is InChI=1S/C12H14ClN3OS/c1-2-5-14-11(17)7-15-12-16-9-6-8(13)3-4-10(9)18-12/h3-4,6H,2,5,7H2,1H3,(H,14,17)(H,15,16). The highest BCUT2D eigenvalue weighted by Gasteiger charge is 2.05. The summed E-state index contributed by atoms with van der Waals surface area (Å²) in [6, 6.07) is 5.58. The number of hydrogen-bond donors (Lipinski definition) is 2. The Labute approximate surface area is 114 Å². The highest BCUT2D eigenvalue weighted by atomic mass is 35.5. The van der Waals surface area contributed by atoms with E-state index in [9.17, 15) is 4.79 Å². The van der Waals surface area contributed by atoms with Gasteiger partial charge in [-0.25, -0.2) is 4.98 Å². The largest absolute Gasteiger partial charge is 0.355 e. The van der Waals surface area contributed by atoms with Crippen molar-refractivity contribution in [2.24, 2.45) is 0 Å². The number of nitrogens with one attached hydrogen (secondary N) is 2. The maximum atomic E-state index is 11.4. The second-order valence-corrected chi connectivity index (χ2v) is 5.30. The fraction of sp³-hybridized carbons (Fsp3) is 0.333. The highest BCUT2D eigenvalue weighted by molar-refractivity contribution is 7.22. The summed E-state index contributed by atoms with van der Waals surface area (Å²) in [7, 11) is 0. The van der Waals surface area contributed by atoms with Crippen LogP contribution < -0.4 is 10.6 Å². The molecule has 0 fully saturated rings. The van der Waals surface area contributed by atoms with Gasteiger partial charge in [-0.15, -0.1) is 0 Å². The molecule has 0 spiro atoms. The molecule has 2 aromatic rings. The number of thiazole rings is 1. The van der Waals surface area contributed by atoms with Crippen LogP contribution in [0.2, 0.25) is 5.02 Å². The Balaban J connectivity index is 1.97. The van der Waals surface area contributed by atoms with Crippen molar-refractivity contribution in [1.82, 2.24) is 10.3 Å². The zero-order chi connectivity index (χ0) is 13.0. The molecule has 18 heavy (non-hydrogen) atoms. The number of benzene rings is 1. The number of rotatable bonds is 5. The predicted molar refractivity (Wildman–Crippen MR) is 76.4 cm³/mol. The molecular weight excluding hydrogens is 270 g/mol. The highest BCUT2D eigenvalue weighted by Crippen LogP contribution is 2.27. The molecule has 1 amide bonds. The van der Waals surface area contributed by atoms with E-state index in [2.05, 4.69) is 15.6 Å². The van der Waals surface area contributed by atoms with E-state index in [1.165, 1.54) is 11.3 Å². The Morgan fingerprint density at radius 1 is 1.50 bits per heavy atom. The Morgan fingerprint density at radius 2 is 2.33 bits per heavy atom. The van der Waals surface area contributed by atoms with Gasteiger partial charge in [0.15, 0.2) is 5.13 Å². The first kappa shape index (κ1) is 13.1. The topological polar surface area (TPSA) is 54.0 Å². The molecule has 0 aliphatic rings. The zero-order valence-corrected chi connectivity index (χ0v) is 11.6. The summed E-state index contributed by atoms with van der Waals surface area (Å²) in [5.74, 6) is -0.0193. The Kier molecular flexibility index (Phi) is 4.38. The minimum absolute atomic E-state index is 0.0193. The summed E-state index contributed by atoms with van der Waals surface area (Å²) in [6.07, 6.45) is 0.936. The normalized spacial score (nSPS) is 10.6. The number of nitrogens with zero attached hydrogens (tertiary/aromatic N) is 1. The molecule has 1 heterocycles. The maximum Gasteiger partial charge on any atom is 0.239 e. The second-order valence-electron chi connectivity index (χ2n) is 3.83. The van der Waals surface area contributed by atoms with E-state index < -0.39 is 0 Å². The number of amides is 1. The average Bonchev–Trinajstić information content (AvgIpc) is 2.75. The van der Waals surface area contributed by atoms with Gasteiger partial charge in [0.2, 0.25) is 5.91 Å². The molecule has 6 heteroatoms. The first-order valence-corrected chi connectivity index (χ1v) is 6.95. The van der Waals surface area contributed by atoms with Crippen LogP contribution in [0.15, 0.2) is 18.2 Å². The number of carbonyl (C=O) groups excluding carboxylic acids is 1. The van der Waals surface area contributed by atoms with Gasteiger partial charge in [-0.05, 0) is 24.6 Å². The van der Waals surface area contributed by atoms with Gasteiger partial charge in [-0.2, -0.15) is 0 Å². The van der Waals surface area contributed by atoms with Crippen molar-refractivity contribution >= 4 is 44.2 Å². The Morgan fingerprint density at radius 3 is 3.11 bits per heavy atom. The van der Waals surface area contributed by atoms with Crippen molar-refractivity contribution in [2.45, 2.75) is 13.3 Å². The Bertz CT molecular complexity index is 555. The average molecular weight is 284 g/mol. The van der Waals surface area contributed by atoms with Gasteiger partial charge in [0, 0.05) is 11.6 Å². The molecule has 0 aliphatic carbocycles. The summed E-state index contributed by atoms with van der Waals surface area (Å²) in [4.78, 5) is 15.8. The van der Waals surface area contributed by atoms with Crippen LogP contribution in [0.25, 0.3) is 10.2 Å². The molecule has 1 aromatic heterocycles. The van der Waals surface area contributed by atoms with Crippen LogP contribution in [0.3, 0.4) is 0 Å². The van der Waals surface area contributed by atoms with E-state index in [0.717, 1.165) is 21.8 Å². The minimum atomic E-state index is -0.0193. The Hall–Kier alpha value is -1.33. The SMILES string of the molecule is CCCNC(=O)CNc1nc2cc(Cl)ccc2s1. The van der Waals surface area contributed by atoms with Gasteiger partial charge in [0.25, 0.3) is 0 Å². The molecule has 1 aromatic carbocycles. The lowest BCUT2D eigenvalue weighted by atomic mass is 10.3. The quantitative estimate of drug-likeness (QED) is 0.887. The van der Waals surface area contributed by atoms with Crippen LogP contribution in [-0.4, -0.2) is 24.0 Å². The number of anilines is 1. The fourth-order valence-corrected chi connectivity index (χ4v) is 2.47. The number of carbonyl (C=O) groups is 1. The van der Waals surface area contributed by atoms with Gasteiger partial charge in [-0.3, -0.25) is 4.79 Å². The number of hydrogen-bond acceptors (Lipinski definition) is 4. The zero-order valence-electron chi connectivity index (χ0n) is 10.00. The molecule has 0 saturated carbocycles. The molecular formula is C12H14ClN3OS. The van der Waals surface area contributed by atoms with Crippen molar-refractivity contribution < 1.29 is 4.79 Å². The van der Waals surface area contributed by atoms with E-state index in [4.69, 9.17) is 11.6 Å². The van der Waals surface area contributed by atoms with Crippen molar-refractivity contribution in [3.8, 4) is 0 Å². The fourth-order valence-electron chi connectivity index (χ4n) is 1.46. The first-order valence-electron chi connectivity index (χ1n) is 5.75. The van der Waals surface area contributed by atoms with Crippen molar-refractivity contribution in [2.75, 3.05) is 18.4 Å². The third-order valence-corrected chi connectivity index (χ3v) is 3.55. The molecule has 2 rings (SSSR count). The van der Waals surface area contributed by atoms with Gasteiger partial charge in [0.05, 0.1) is 16.8 Å². The van der Waals surface area contributed by atoms with Crippen LogP contribution in [0.4, 0.5) is 5.13 Å². The van der Waals surface area contributed by atoms with Crippen molar-refractivity contribution in [1.29, 1.82) is 0 Å². The van der Waals surface area contributed by atoms with E-state index in [0.29, 0.717) is 11.6 Å². The minimum Gasteiger partial charge on any atom is -0.355 e. The lowest BCUT2D eigenvalue weighted by Gasteiger charge is -2.03. The van der Waals surface area contributed by atoms with E-state index in [1.54, 1.807) is 0 Å². The molecule has 2 N–H and O–H groups in total. The van der Waals surface area contributed by atoms with Gasteiger partial charge in [-0.1, -0.05) is 29.9 Å². The van der Waals surface area contributed by atoms with Crippen LogP contribution in [-0.2, 0) is 4.79 Å². The van der Waals surface area contributed by atoms with E-state index >= 15 is 0 Å².